The minimum atomic E-state index is 1.26. The molecule has 0 saturated carbocycles. The largest absolute Gasteiger partial charge is 0.0654 e. The van der Waals surface area contributed by atoms with Crippen LogP contribution in [0.5, 0.6) is 0 Å². The van der Waals surface area contributed by atoms with Crippen LogP contribution in [0.15, 0.2) is 12.1 Å². The summed E-state index contributed by atoms with van der Waals surface area (Å²) in [6, 6.07) is 5.34. The van der Waals surface area contributed by atoms with Gasteiger partial charge in [0.2, 0.25) is 0 Å². The maximum absolute atomic E-state index is 2.67. The van der Waals surface area contributed by atoms with Gasteiger partial charge < -0.3 is 0 Å². The van der Waals surface area contributed by atoms with Crippen molar-refractivity contribution in [1.82, 2.24) is 0 Å². The molecule has 0 atom stereocenters. The van der Waals surface area contributed by atoms with E-state index in [2.05, 4.69) is 39.8 Å². The van der Waals surface area contributed by atoms with E-state index in [1.807, 2.05) is 0 Å². The number of aryl methyl sites for hydroxylation is 3. The van der Waals surface area contributed by atoms with E-state index in [1.54, 1.807) is 22.3 Å². The molecule has 1 rings (SSSR count). The Morgan fingerprint density at radius 2 is 0.471 bits per heavy atom. The molecular weight excluding hydrogens is 613 g/mol. The van der Waals surface area contributed by atoms with Gasteiger partial charge in [0.05, 0.1) is 0 Å². The summed E-state index contributed by atoms with van der Waals surface area (Å²) in [6.45, 7) is 9.34. The highest BCUT2D eigenvalue weighted by Gasteiger charge is 2.12. The number of rotatable bonds is 41. The Morgan fingerprint density at radius 1 is 0.235 bits per heavy atom. The minimum Gasteiger partial charge on any atom is -0.0654 e. The van der Waals surface area contributed by atoms with Gasteiger partial charge in [-0.15, -0.1) is 0 Å². The summed E-state index contributed by atoms with van der Waals surface area (Å²) in [4.78, 5) is 0. The Bertz CT molecular complexity index is 770. The van der Waals surface area contributed by atoms with Crippen LogP contribution >= 0.6 is 0 Å². The number of hydrogen-bond donors (Lipinski definition) is 0. The van der Waals surface area contributed by atoms with Crippen LogP contribution in [0, 0.1) is 0 Å². The summed E-state index contributed by atoms with van der Waals surface area (Å²) in [7, 11) is 0. The molecule has 0 aliphatic carbocycles. The predicted octanol–water partition coefficient (Wildman–Crippen LogP) is 18.4. The van der Waals surface area contributed by atoms with Crippen LogP contribution < -0.4 is 0 Å². The fourth-order valence-electron chi connectivity index (χ4n) is 8.53. The maximum Gasteiger partial charge on any atom is -0.0273 e. The van der Waals surface area contributed by atoms with Gasteiger partial charge in [-0.1, -0.05) is 258 Å². The lowest BCUT2D eigenvalue weighted by Gasteiger charge is -2.18. The lowest BCUT2D eigenvalue weighted by molar-refractivity contribution is 0.540. The van der Waals surface area contributed by atoms with E-state index in [1.165, 1.54) is 263 Å². The van der Waals surface area contributed by atoms with Crippen LogP contribution in [0.3, 0.4) is 0 Å². The minimum absolute atomic E-state index is 1.26. The fourth-order valence-corrected chi connectivity index (χ4v) is 8.53. The van der Waals surface area contributed by atoms with Crippen LogP contribution in [0.25, 0.3) is 0 Å². The summed E-state index contributed by atoms with van der Waals surface area (Å²) in [5.41, 5.74) is 6.95. The highest BCUT2D eigenvalue weighted by Crippen LogP contribution is 2.26. The molecule has 0 aromatic heterocycles. The first-order chi connectivity index (χ1) is 25.3. The van der Waals surface area contributed by atoms with Crippen LogP contribution in [0.2, 0.25) is 0 Å². The summed E-state index contributed by atoms with van der Waals surface area (Å²) in [5, 5.41) is 0. The van der Waals surface area contributed by atoms with Gasteiger partial charge in [0.15, 0.2) is 0 Å². The van der Waals surface area contributed by atoms with Crippen LogP contribution in [0.4, 0.5) is 0 Å². The standard InChI is InChI=1S/C51H96/c1-5-9-12-15-18-21-24-27-30-33-36-39-43-49-46-48(42-8-4)47-50(44-40-37-34-31-28-25-22-19-16-13-10-6-2)51(49)45-41-38-35-32-29-26-23-20-17-14-11-7-3/h46-47H,5-45H2,1-4H3. The third-order valence-electron chi connectivity index (χ3n) is 11.9. The Labute approximate surface area is 324 Å². The molecule has 0 unspecified atom stereocenters. The van der Waals surface area contributed by atoms with Crippen molar-refractivity contribution in [2.75, 3.05) is 0 Å². The normalized spacial score (nSPS) is 11.6. The first-order valence-electron chi connectivity index (χ1n) is 24.4. The molecule has 0 nitrogen and oxygen atoms in total. The van der Waals surface area contributed by atoms with Crippen molar-refractivity contribution < 1.29 is 0 Å². The van der Waals surface area contributed by atoms with Gasteiger partial charge in [-0.3, -0.25) is 0 Å². The van der Waals surface area contributed by atoms with E-state index in [4.69, 9.17) is 0 Å². The van der Waals surface area contributed by atoms with Crippen molar-refractivity contribution in [3.63, 3.8) is 0 Å². The van der Waals surface area contributed by atoms with Gasteiger partial charge in [0, 0.05) is 0 Å². The molecule has 0 aliphatic heterocycles. The second-order valence-corrected chi connectivity index (χ2v) is 17.1. The third-order valence-corrected chi connectivity index (χ3v) is 11.9. The van der Waals surface area contributed by atoms with Crippen molar-refractivity contribution >= 4 is 0 Å². The van der Waals surface area contributed by atoms with Gasteiger partial charge in [-0.2, -0.15) is 0 Å². The van der Waals surface area contributed by atoms with Crippen molar-refractivity contribution in [3.8, 4) is 0 Å². The Balaban J connectivity index is 2.56. The zero-order valence-electron chi connectivity index (χ0n) is 36.1. The summed E-state index contributed by atoms with van der Waals surface area (Å²) in [5.74, 6) is 0. The predicted molar refractivity (Wildman–Crippen MR) is 235 cm³/mol. The molecule has 0 aliphatic rings. The maximum atomic E-state index is 2.67. The molecule has 0 saturated heterocycles. The Hall–Kier alpha value is -0.780. The molecular formula is C51H96. The van der Waals surface area contributed by atoms with Gasteiger partial charge in [0.1, 0.15) is 0 Å². The highest BCUT2D eigenvalue weighted by molar-refractivity contribution is 5.40. The van der Waals surface area contributed by atoms with E-state index in [-0.39, 0.29) is 0 Å². The molecule has 0 bridgehead atoms. The Kier molecular flexibility index (Phi) is 36.8. The Morgan fingerprint density at radius 3 is 0.725 bits per heavy atom. The van der Waals surface area contributed by atoms with Crippen LogP contribution in [0.1, 0.15) is 288 Å². The number of hydrogen-bond acceptors (Lipinski definition) is 0. The monoisotopic (exact) mass is 709 g/mol. The molecule has 0 heteroatoms. The lowest BCUT2D eigenvalue weighted by Crippen LogP contribution is -2.04. The summed E-state index contributed by atoms with van der Waals surface area (Å²) >= 11 is 0. The van der Waals surface area contributed by atoms with Crippen LogP contribution in [-0.2, 0) is 25.7 Å². The molecule has 0 radical (unpaired) electrons. The highest BCUT2D eigenvalue weighted by atomic mass is 14.2. The first-order valence-corrected chi connectivity index (χ1v) is 24.4. The summed E-state index contributed by atoms with van der Waals surface area (Å²) < 4.78 is 0. The van der Waals surface area contributed by atoms with Crippen LogP contribution in [-0.4, -0.2) is 0 Å². The number of benzene rings is 1. The molecule has 300 valence electrons. The fraction of sp³-hybridized carbons (Fsp3) is 0.882. The smallest absolute Gasteiger partial charge is 0.0273 e. The molecule has 0 amide bonds. The van der Waals surface area contributed by atoms with Gasteiger partial charge in [0.25, 0.3) is 0 Å². The molecule has 0 heterocycles. The first kappa shape index (κ1) is 48.2. The molecule has 0 N–H and O–H groups in total. The van der Waals surface area contributed by atoms with Gasteiger partial charge in [-0.25, -0.2) is 0 Å². The zero-order valence-corrected chi connectivity index (χ0v) is 36.1. The van der Waals surface area contributed by atoms with Crippen molar-refractivity contribution in [3.05, 3.63) is 34.4 Å². The van der Waals surface area contributed by atoms with Gasteiger partial charge in [-0.05, 0) is 67.2 Å². The average Bonchev–Trinajstić information content (AvgIpc) is 3.13. The second-order valence-electron chi connectivity index (χ2n) is 17.1. The molecule has 0 fully saturated rings. The van der Waals surface area contributed by atoms with E-state index < -0.39 is 0 Å². The lowest BCUT2D eigenvalue weighted by atomic mass is 9.87. The quantitative estimate of drug-likeness (QED) is 0.0594. The average molecular weight is 709 g/mol. The van der Waals surface area contributed by atoms with Gasteiger partial charge >= 0.3 is 0 Å². The van der Waals surface area contributed by atoms with Crippen molar-refractivity contribution in [1.29, 1.82) is 0 Å². The van der Waals surface area contributed by atoms with E-state index in [9.17, 15) is 0 Å². The van der Waals surface area contributed by atoms with E-state index >= 15 is 0 Å². The molecule has 0 spiro atoms. The SMILES string of the molecule is CCCCCCCCCCCCCCc1cc(CCC)cc(CCCCCCCCCCCCCC)c1CCCCCCCCCCCCCC. The molecule has 51 heavy (non-hydrogen) atoms. The van der Waals surface area contributed by atoms with Crippen molar-refractivity contribution in [2.24, 2.45) is 0 Å². The molecule has 1 aromatic carbocycles. The number of unbranched alkanes of at least 4 members (excludes halogenated alkanes) is 33. The topological polar surface area (TPSA) is 0 Å². The second kappa shape index (κ2) is 38.9. The third kappa shape index (κ3) is 30.3. The molecule has 1 aromatic rings. The van der Waals surface area contributed by atoms with E-state index in [0.29, 0.717) is 0 Å². The zero-order chi connectivity index (χ0) is 36.7. The van der Waals surface area contributed by atoms with E-state index in [0.717, 1.165) is 0 Å². The van der Waals surface area contributed by atoms with Crippen molar-refractivity contribution in [2.45, 2.75) is 291 Å². The summed E-state index contributed by atoms with van der Waals surface area (Å²) in [6.07, 6.45) is 58.5.